The van der Waals surface area contributed by atoms with Crippen LogP contribution in [0.5, 0.6) is 11.5 Å². The quantitative estimate of drug-likeness (QED) is 0.501. The third-order valence-corrected chi connectivity index (χ3v) is 4.10. The molecular weight excluding hydrogens is 389 g/mol. The van der Waals surface area contributed by atoms with Gasteiger partial charge in [-0.1, -0.05) is 66.7 Å². The Bertz CT molecular complexity index is 817. The van der Waals surface area contributed by atoms with E-state index in [1.807, 2.05) is 49.4 Å². The van der Waals surface area contributed by atoms with Gasteiger partial charge < -0.3 is 10.1 Å². The SMILES string of the molecule is CCNC(=O)OCc1ccccc1.O=[P+](Oc1ccccc1)Oc1ccccc1. The van der Waals surface area contributed by atoms with Crippen molar-refractivity contribution in [2.75, 3.05) is 6.54 Å². The zero-order valence-corrected chi connectivity index (χ0v) is 17.0. The Kier molecular flexibility index (Phi) is 9.77. The van der Waals surface area contributed by atoms with Crippen molar-refractivity contribution in [3.63, 3.8) is 0 Å². The van der Waals surface area contributed by atoms with E-state index in [2.05, 4.69) is 5.32 Å². The van der Waals surface area contributed by atoms with Crippen LogP contribution in [0.1, 0.15) is 12.5 Å². The summed E-state index contributed by atoms with van der Waals surface area (Å²) in [7, 11) is -2.18. The molecule has 0 aliphatic rings. The number of nitrogens with one attached hydrogen (secondary N) is 1. The van der Waals surface area contributed by atoms with E-state index in [1.165, 1.54) is 0 Å². The highest BCUT2D eigenvalue weighted by Gasteiger charge is 2.23. The summed E-state index contributed by atoms with van der Waals surface area (Å²) in [5.41, 5.74) is 0.994. The van der Waals surface area contributed by atoms with Gasteiger partial charge in [0.05, 0.1) is 0 Å². The second-order valence-electron chi connectivity index (χ2n) is 5.62. The van der Waals surface area contributed by atoms with E-state index < -0.39 is 8.25 Å². The molecular formula is C22H23NO5P+. The largest absolute Gasteiger partial charge is 0.805 e. The Hall–Kier alpha value is -3.37. The first-order valence-electron chi connectivity index (χ1n) is 9.05. The summed E-state index contributed by atoms with van der Waals surface area (Å²) in [4.78, 5) is 10.9. The fourth-order valence-electron chi connectivity index (χ4n) is 2.07. The lowest BCUT2D eigenvalue weighted by atomic mass is 10.2. The lowest BCUT2D eigenvalue weighted by molar-refractivity contribution is 0.140. The van der Waals surface area contributed by atoms with Crippen LogP contribution in [0.2, 0.25) is 0 Å². The highest BCUT2D eigenvalue weighted by molar-refractivity contribution is 7.34. The lowest BCUT2D eigenvalue weighted by Gasteiger charge is -2.04. The Morgan fingerprint density at radius 1 is 0.793 bits per heavy atom. The monoisotopic (exact) mass is 412 g/mol. The normalized spacial score (nSPS) is 9.41. The molecule has 0 saturated heterocycles. The predicted octanol–water partition coefficient (Wildman–Crippen LogP) is 5.73. The molecule has 0 aromatic heterocycles. The van der Waals surface area contributed by atoms with Gasteiger partial charge in [-0.05, 0) is 36.8 Å². The minimum absolute atomic E-state index is 0.326. The minimum atomic E-state index is -2.18. The lowest BCUT2D eigenvalue weighted by Crippen LogP contribution is -2.23. The van der Waals surface area contributed by atoms with E-state index in [1.54, 1.807) is 48.5 Å². The summed E-state index contributed by atoms with van der Waals surface area (Å²) in [6.45, 7) is 2.77. The van der Waals surface area contributed by atoms with Crippen LogP contribution >= 0.6 is 8.25 Å². The van der Waals surface area contributed by atoms with E-state index in [-0.39, 0.29) is 6.09 Å². The highest BCUT2D eigenvalue weighted by Crippen LogP contribution is 2.29. The van der Waals surface area contributed by atoms with Gasteiger partial charge in [-0.15, -0.1) is 0 Å². The van der Waals surface area contributed by atoms with Gasteiger partial charge in [0.2, 0.25) is 0 Å². The summed E-state index contributed by atoms with van der Waals surface area (Å²) in [5.74, 6) is 1.05. The van der Waals surface area contributed by atoms with Crippen molar-refractivity contribution in [2.24, 2.45) is 0 Å². The number of amides is 1. The summed E-state index contributed by atoms with van der Waals surface area (Å²) >= 11 is 0. The van der Waals surface area contributed by atoms with Gasteiger partial charge in [0.15, 0.2) is 11.5 Å². The third kappa shape index (κ3) is 9.40. The van der Waals surface area contributed by atoms with Crippen LogP contribution in [-0.2, 0) is 15.9 Å². The number of carbonyl (C=O) groups excluding carboxylic acids is 1. The van der Waals surface area contributed by atoms with E-state index >= 15 is 0 Å². The smallest absolute Gasteiger partial charge is 0.445 e. The molecule has 0 radical (unpaired) electrons. The Labute approximate surface area is 171 Å². The first-order chi connectivity index (χ1) is 14.2. The van der Waals surface area contributed by atoms with Gasteiger partial charge >= 0.3 is 14.3 Å². The Balaban J connectivity index is 0.000000212. The molecule has 150 valence electrons. The molecule has 0 fully saturated rings. The van der Waals surface area contributed by atoms with Gasteiger partial charge in [0.25, 0.3) is 0 Å². The second-order valence-corrected chi connectivity index (χ2v) is 6.44. The summed E-state index contributed by atoms with van der Waals surface area (Å²) in [6.07, 6.45) is -0.369. The molecule has 1 amide bonds. The molecule has 0 heterocycles. The molecule has 0 unspecified atom stereocenters. The van der Waals surface area contributed by atoms with Gasteiger partial charge in [0.1, 0.15) is 6.61 Å². The van der Waals surface area contributed by atoms with E-state index in [0.717, 1.165) is 5.56 Å². The molecule has 6 nitrogen and oxygen atoms in total. The first kappa shape index (κ1) is 21.9. The summed E-state index contributed by atoms with van der Waals surface area (Å²) in [5, 5.41) is 2.55. The maximum Gasteiger partial charge on any atom is 0.805 e. The fourth-order valence-corrected chi connectivity index (χ4v) is 2.70. The van der Waals surface area contributed by atoms with Crippen molar-refractivity contribution in [3.8, 4) is 11.5 Å². The number of para-hydroxylation sites is 2. The van der Waals surface area contributed by atoms with Crippen LogP contribution in [0.4, 0.5) is 4.79 Å². The number of rotatable bonds is 7. The van der Waals surface area contributed by atoms with E-state index in [9.17, 15) is 9.36 Å². The van der Waals surface area contributed by atoms with Gasteiger partial charge in [0, 0.05) is 11.1 Å². The maximum absolute atomic E-state index is 11.5. The number of benzene rings is 3. The van der Waals surface area contributed by atoms with Crippen LogP contribution in [0.25, 0.3) is 0 Å². The van der Waals surface area contributed by atoms with E-state index in [4.69, 9.17) is 13.8 Å². The van der Waals surface area contributed by atoms with Crippen molar-refractivity contribution < 1.29 is 23.1 Å². The summed E-state index contributed by atoms with van der Waals surface area (Å²) in [6, 6.07) is 27.4. The molecule has 0 aliphatic heterocycles. The van der Waals surface area contributed by atoms with Gasteiger partial charge in [-0.3, -0.25) is 0 Å². The zero-order valence-electron chi connectivity index (χ0n) is 16.1. The number of hydrogen-bond donors (Lipinski definition) is 1. The molecule has 0 aliphatic carbocycles. The van der Waals surface area contributed by atoms with Gasteiger partial charge in [-0.25, -0.2) is 13.8 Å². The van der Waals surface area contributed by atoms with Crippen molar-refractivity contribution in [3.05, 3.63) is 96.6 Å². The van der Waals surface area contributed by atoms with Crippen LogP contribution < -0.4 is 14.4 Å². The average Bonchev–Trinajstić information content (AvgIpc) is 2.75. The molecule has 0 spiro atoms. The highest BCUT2D eigenvalue weighted by atomic mass is 31.1. The van der Waals surface area contributed by atoms with Crippen LogP contribution in [0.3, 0.4) is 0 Å². The standard InChI is InChI=1S/C12H10O3P.C10H13NO2/c13-16(14-11-7-3-1-4-8-11)15-12-9-5-2-6-10-12;1-2-11-10(12)13-8-9-6-4-3-5-7-9/h1-10H;3-7H,2,8H2,1H3,(H,11,12)/q+1;. The number of hydrogen-bond acceptors (Lipinski definition) is 5. The number of alkyl carbamates (subject to hydrolysis) is 1. The molecule has 1 N–H and O–H groups in total. The summed E-state index contributed by atoms with van der Waals surface area (Å²) < 4.78 is 26.6. The average molecular weight is 412 g/mol. The molecule has 29 heavy (non-hydrogen) atoms. The first-order valence-corrected chi connectivity index (χ1v) is 10.1. The molecule has 0 saturated carbocycles. The van der Waals surface area contributed by atoms with Crippen molar-refractivity contribution in [2.45, 2.75) is 13.5 Å². The molecule has 3 rings (SSSR count). The molecule has 3 aromatic carbocycles. The Morgan fingerprint density at radius 3 is 1.69 bits per heavy atom. The number of carbonyl (C=O) groups is 1. The minimum Gasteiger partial charge on any atom is -0.445 e. The molecule has 0 atom stereocenters. The third-order valence-electron chi connectivity index (χ3n) is 3.38. The molecule has 7 heteroatoms. The van der Waals surface area contributed by atoms with Gasteiger partial charge in [-0.2, -0.15) is 0 Å². The van der Waals surface area contributed by atoms with Crippen molar-refractivity contribution in [1.82, 2.24) is 5.32 Å². The zero-order chi connectivity index (χ0) is 20.7. The van der Waals surface area contributed by atoms with Crippen LogP contribution in [0, 0.1) is 0 Å². The fraction of sp³-hybridized carbons (Fsp3) is 0.136. The van der Waals surface area contributed by atoms with E-state index in [0.29, 0.717) is 24.7 Å². The van der Waals surface area contributed by atoms with Crippen LogP contribution in [0.15, 0.2) is 91.0 Å². The van der Waals surface area contributed by atoms with Crippen molar-refractivity contribution in [1.29, 1.82) is 0 Å². The molecule has 3 aromatic rings. The predicted molar refractivity (Wildman–Crippen MR) is 112 cm³/mol. The van der Waals surface area contributed by atoms with Crippen LogP contribution in [-0.4, -0.2) is 12.6 Å². The topological polar surface area (TPSA) is 73.9 Å². The second kappa shape index (κ2) is 12.9. The number of ether oxygens (including phenoxy) is 1. The molecule has 0 bridgehead atoms. The van der Waals surface area contributed by atoms with Crippen molar-refractivity contribution >= 4 is 14.3 Å². The Morgan fingerprint density at radius 2 is 1.24 bits per heavy atom. The maximum atomic E-state index is 11.5.